The van der Waals surface area contributed by atoms with Crippen molar-refractivity contribution < 1.29 is 9.53 Å². The van der Waals surface area contributed by atoms with Crippen LogP contribution in [0.2, 0.25) is 0 Å². The number of benzene rings is 2. The van der Waals surface area contributed by atoms with Crippen LogP contribution in [0.25, 0.3) is 10.9 Å². The third-order valence-electron chi connectivity index (χ3n) is 4.47. The highest BCUT2D eigenvalue weighted by molar-refractivity contribution is 5.86. The van der Waals surface area contributed by atoms with E-state index in [0.717, 1.165) is 34.3 Å². The van der Waals surface area contributed by atoms with Gasteiger partial charge in [-0.05, 0) is 49.6 Å². The summed E-state index contributed by atoms with van der Waals surface area (Å²) >= 11 is 0. The van der Waals surface area contributed by atoms with Crippen LogP contribution in [0.5, 0.6) is 5.75 Å². The number of nitrogens with one attached hydrogen (secondary N) is 2. The predicted octanol–water partition coefficient (Wildman–Crippen LogP) is 3.69. The topological polar surface area (TPSA) is 54.1 Å². The number of fused-ring (bicyclic) bond motifs is 1. The molecule has 2 aromatic carbocycles. The van der Waals surface area contributed by atoms with Gasteiger partial charge in [0.15, 0.2) is 0 Å². The fourth-order valence-corrected chi connectivity index (χ4v) is 3.21. The summed E-state index contributed by atoms with van der Waals surface area (Å²) in [4.78, 5) is 15.6. The standard InChI is InChI=1S/C21H24N2O2/c1-14-5-4-6-16(11-14)12-21(24)22-10-9-18-15(2)23-20-8-7-17(25-3)13-19(18)20/h4-8,11,13,23H,9-10,12H2,1-3H3,(H,22,24). The molecule has 130 valence electrons. The van der Waals surface area contributed by atoms with Crippen LogP contribution in [-0.4, -0.2) is 24.5 Å². The van der Waals surface area contributed by atoms with Crippen LogP contribution in [0.15, 0.2) is 42.5 Å². The average Bonchev–Trinajstić information content (AvgIpc) is 2.89. The Kier molecular flexibility index (Phi) is 5.08. The molecule has 3 aromatic rings. The van der Waals surface area contributed by atoms with Gasteiger partial charge in [0, 0.05) is 23.1 Å². The Hall–Kier alpha value is -2.75. The van der Waals surface area contributed by atoms with Crippen molar-refractivity contribution >= 4 is 16.8 Å². The summed E-state index contributed by atoms with van der Waals surface area (Å²) in [6.07, 6.45) is 1.21. The fraction of sp³-hybridized carbons (Fsp3) is 0.286. The lowest BCUT2D eigenvalue weighted by molar-refractivity contribution is -0.120. The van der Waals surface area contributed by atoms with Gasteiger partial charge >= 0.3 is 0 Å². The minimum absolute atomic E-state index is 0.0562. The number of rotatable bonds is 6. The van der Waals surface area contributed by atoms with Crippen molar-refractivity contribution in [1.82, 2.24) is 10.3 Å². The number of aryl methyl sites for hydroxylation is 2. The van der Waals surface area contributed by atoms with Crippen LogP contribution in [-0.2, 0) is 17.6 Å². The smallest absolute Gasteiger partial charge is 0.224 e. The van der Waals surface area contributed by atoms with Gasteiger partial charge in [-0.2, -0.15) is 0 Å². The number of methoxy groups -OCH3 is 1. The quantitative estimate of drug-likeness (QED) is 0.721. The van der Waals surface area contributed by atoms with Gasteiger partial charge in [0.2, 0.25) is 5.91 Å². The normalized spacial score (nSPS) is 10.8. The maximum atomic E-state index is 12.2. The summed E-state index contributed by atoms with van der Waals surface area (Å²) in [6, 6.07) is 14.1. The van der Waals surface area contributed by atoms with E-state index in [1.54, 1.807) is 7.11 Å². The van der Waals surface area contributed by atoms with Crippen LogP contribution >= 0.6 is 0 Å². The zero-order chi connectivity index (χ0) is 17.8. The van der Waals surface area contributed by atoms with E-state index in [0.29, 0.717) is 13.0 Å². The van der Waals surface area contributed by atoms with Gasteiger partial charge in [-0.15, -0.1) is 0 Å². The maximum absolute atomic E-state index is 12.2. The highest BCUT2D eigenvalue weighted by atomic mass is 16.5. The maximum Gasteiger partial charge on any atom is 0.224 e. The Morgan fingerprint density at radius 2 is 2.00 bits per heavy atom. The molecule has 0 radical (unpaired) electrons. The van der Waals surface area contributed by atoms with Crippen molar-refractivity contribution in [2.24, 2.45) is 0 Å². The van der Waals surface area contributed by atoms with E-state index in [9.17, 15) is 4.79 Å². The zero-order valence-electron chi connectivity index (χ0n) is 15.0. The van der Waals surface area contributed by atoms with Gasteiger partial charge in [0.05, 0.1) is 13.5 Å². The average molecular weight is 336 g/mol. The molecule has 1 heterocycles. The summed E-state index contributed by atoms with van der Waals surface area (Å²) in [5, 5.41) is 4.18. The van der Waals surface area contributed by atoms with Crippen LogP contribution in [0.1, 0.15) is 22.4 Å². The Bertz CT molecular complexity index is 896. The molecular weight excluding hydrogens is 312 g/mol. The first-order valence-corrected chi connectivity index (χ1v) is 8.54. The molecule has 0 aliphatic carbocycles. The van der Waals surface area contributed by atoms with E-state index in [2.05, 4.69) is 23.3 Å². The molecule has 0 aliphatic heterocycles. The second-order valence-electron chi connectivity index (χ2n) is 6.41. The number of amides is 1. The Labute approximate surface area is 148 Å². The Morgan fingerprint density at radius 3 is 2.76 bits per heavy atom. The minimum Gasteiger partial charge on any atom is -0.497 e. The van der Waals surface area contributed by atoms with Gasteiger partial charge in [-0.1, -0.05) is 29.8 Å². The number of hydrogen-bond acceptors (Lipinski definition) is 2. The molecule has 0 saturated carbocycles. The number of H-pyrrole nitrogens is 1. The first kappa shape index (κ1) is 17.1. The highest BCUT2D eigenvalue weighted by Gasteiger charge is 2.10. The van der Waals surface area contributed by atoms with Crippen LogP contribution in [0, 0.1) is 13.8 Å². The molecular formula is C21H24N2O2. The van der Waals surface area contributed by atoms with E-state index < -0.39 is 0 Å². The number of aromatic nitrogens is 1. The molecule has 3 rings (SSSR count). The largest absolute Gasteiger partial charge is 0.497 e. The molecule has 0 aliphatic rings. The molecule has 0 fully saturated rings. The first-order valence-electron chi connectivity index (χ1n) is 8.54. The van der Waals surface area contributed by atoms with E-state index in [1.165, 1.54) is 11.1 Å². The Morgan fingerprint density at radius 1 is 1.16 bits per heavy atom. The number of carbonyl (C=O) groups excluding carboxylic acids is 1. The number of ether oxygens (including phenoxy) is 1. The van der Waals surface area contributed by atoms with Crippen molar-refractivity contribution in [3.8, 4) is 5.75 Å². The Balaban J connectivity index is 1.62. The second kappa shape index (κ2) is 7.43. The van der Waals surface area contributed by atoms with E-state index in [-0.39, 0.29) is 5.91 Å². The van der Waals surface area contributed by atoms with Crippen molar-refractivity contribution in [1.29, 1.82) is 0 Å². The summed E-state index contributed by atoms with van der Waals surface area (Å²) < 4.78 is 5.32. The summed E-state index contributed by atoms with van der Waals surface area (Å²) in [5.74, 6) is 0.900. The first-order chi connectivity index (χ1) is 12.1. The van der Waals surface area contributed by atoms with E-state index >= 15 is 0 Å². The van der Waals surface area contributed by atoms with Crippen molar-refractivity contribution in [3.05, 3.63) is 64.8 Å². The molecule has 1 amide bonds. The zero-order valence-corrected chi connectivity index (χ0v) is 15.0. The van der Waals surface area contributed by atoms with Crippen LogP contribution in [0.3, 0.4) is 0 Å². The molecule has 0 spiro atoms. The molecule has 0 bridgehead atoms. The highest BCUT2D eigenvalue weighted by Crippen LogP contribution is 2.26. The van der Waals surface area contributed by atoms with Crippen LogP contribution < -0.4 is 10.1 Å². The minimum atomic E-state index is 0.0562. The van der Waals surface area contributed by atoms with Crippen molar-refractivity contribution in [2.75, 3.05) is 13.7 Å². The molecule has 1 aromatic heterocycles. The monoisotopic (exact) mass is 336 g/mol. The number of aromatic amines is 1. The second-order valence-corrected chi connectivity index (χ2v) is 6.41. The van der Waals surface area contributed by atoms with Crippen LogP contribution in [0.4, 0.5) is 0 Å². The summed E-state index contributed by atoms with van der Waals surface area (Å²) in [5.41, 5.74) is 5.68. The fourth-order valence-electron chi connectivity index (χ4n) is 3.21. The van der Waals surface area contributed by atoms with E-state index in [1.807, 2.05) is 43.3 Å². The third-order valence-corrected chi connectivity index (χ3v) is 4.47. The van der Waals surface area contributed by atoms with Crippen molar-refractivity contribution in [3.63, 3.8) is 0 Å². The van der Waals surface area contributed by atoms with Crippen molar-refractivity contribution in [2.45, 2.75) is 26.7 Å². The molecule has 4 nitrogen and oxygen atoms in total. The van der Waals surface area contributed by atoms with Gasteiger partial charge in [-0.25, -0.2) is 0 Å². The van der Waals surface area contributed by atoms with E-state index in [4.69, 9.17) is 4.74 Å². The molecule has 0 saturated heterocycles. The molecule has 0 atom stereocenters. The molecule has 4 heteroatoms. The van der Waals surface area contributed by atoms with Gasteiger partial charge < -0.3 is 15.0 Å². The summed E-state index contributed by atoms with van der Waals surface area (Å²) in [7, 11) is 1.67. The lowest BCUT2D eigenvalue weighted by Gasteiger charge is -2.07. The van der Waals surface area contributed by atoms with Gasteiger partial charge in [-0.3, -0.25) is 4.79 Å². The lowest BCUT2D eigenvalue weighted by Crippen LogP contribution is -2.27. The molecule has 2 N–H and O–H groups in total. The summed E-state index contributed by atoms with van der Waals surface area (Å²) in [6.45, 7) is 4.72. The third kappa shape index (κ3) is 4.02. The molecule has 25 heavy (non-hydrogen) atoms. The SMILES string of the molecule is COc1ccc2[nH]c(C)c(CCNC(=O)Cc3cccc(C)c3)c2c1. The number of hydrogen-bond donors (Lipinski definition) is 2. The molecule has 0 unspecified atom stereocenters. The van der Waals surface area contributed by atoms with Gasteiger partial charge in [0.25, 0.3) is 0 Å². The lowest BCUT2D eigenvalue weighted by atomic mass is 10.1. The van der Waals surface area contributed by atoms with Gasteiger partial charge in [0.1, 0.15) is 5.75 Å². The number of carbonyl (C=O) groups is 1. The predicted molar refractivity (Wildman–Crippen MR) is 101 cm³/mol.